The monoisotopic (exact) mass is 816 g/mol. The normalized spacial score (nSPS) is 22.1. The lowest BCUT2D eigenvalue weighted by Gasteiger charge is -2.27. The Morgan fingerprint density at radius 2 is 1.12 bits per heavy atom. The van der Waals surface area contributed by atoms with Crippen LogP contribution < -0.4 is 10.6 Å². The van der Waals surface area contributed by atoms with Gasteiger partial charge in [0.05, 0.1) is 24.9 Å². The van der Waals surface area contributed by atoms with E-state index in [2.05, 4.69) is 33.6 Å². The van der Waals surface area contributed by atoms with Gasteiger partial charge in [-0.1, -0.05) is 55.1 Å². The van der Waals surface area contributed by atoms with Crippen molar-refractivity contribution in [3.05, 3.63) is 117 Å². The van der Waals surface area contributed by atoms with Crippen molar-refractivity contribution in [2.75, 3.05) is 36.8 Å². The summed E-state index contributed by atoms with van der Waals surface area (Å²) in [6.07, 6.45) is 7.53. The summed E-state index contributed by atoms with van der Waals surface area (Å²) in [7, 11) is 0. The van der Waals surface area contributed by atoms with E-state index in [1.54, 1.807) is 37.4 Å². The molecule has 11 nitrogen and oxygen atoms in total. The van der Waals surface area contributed by atoms with Crippen LogP contribution in [0.1, 0.15) is 59.4 Å². The van der Waals surface area contributed by atoms with Gasteiger partial charge < -0.3 is 30.2 Å². The van der Waals surface area contributed by atoms with Gasteiger partial charge >= 0.3 is 0 Å². The van der Waals surface area contributed by atoms with E-state index in [4.69, 9.17) is 0 Å². The molecular weight excluding hydrogens is 769 g/mol. The van der Waals surface area contributed by atoms with Crippen molar-refractivity contribution in [1.29, 1.82) is 0 Å². The summed E-state index contributed by atoms with van der Waals surface area (Å²) in [4.78, 5) is 76.3. The Kier molecular flexibility index (Phi) is 11.9. The maximum atomic E-state index is 13.6. The molecule has 2 aromatic carbocycles. The van der Waals surface area contributed by atoms with Crippen LogP contribution in [0.25, 0.3) is 12.2 Å². The molecule has 2 N–H and O–H groups in total. The number of thiophene rings is 2. The Hall–Kier alpha value is -5.53. The van der Waals surface area contributed by atoms with Crippen molar-refractivity contribution in [3.63, 3.8) is 0 Å². The summed E-state index contributed by atoms with van der Waals surface area (Å²) in [5.74, 6) is -1.11. The number of benzene rings is 2. The second-order valence-electron chi connectivity index (χ2n) is 15.6. The summed E-state index contributed by atoms with van der Waals surface area (Å²) in [6.45, 7) is 7.60. The van der Waals surface area contributed by atoms with Gasteiger partial charge in [-0.25, -0.2) is 0 Å². The van der Waals surface area contributed by atoms with Crippen LogP contribution in [0, 0.1) is 11.8 Å². The van der Waals surface area contributed by atoms with Crippen molar-refractivity contribution < 1.29 is 24.0 Å². The van der Waals surface area contributed by atoms with Gasteiger partial charge in [-0.3, -0.25) is 24.0 Å². The SMILES string of the molecule is C=C1CC(C(=O)N2CCC[C@H]2C(=O)Nc2ccc(/C=C/c3ccc(NC(=O)[C@@H]4CCCN4C(=O)C4CC(=O)N(Cc5cccs5)C4)cc3)cc2)CN1Cc1cccs1. The first kappa shape index (κ1) is 39.3. The molecule has 4 atom stereocenters. The molecule has 0 saturated carbocycles. The molecule has 0 radical (unpaired) electrons. The summed E-state index contributed by atoms with van der Waals surface area (Å²) in [5.41, 5.74) is 4.19. The lowest BCUT2D eigenvalue weighted by molar-refractivity contribution is -0.140. The molecule has 4 saturated heterocycles. The second kappa shape index (κ2) is 17.5. The number of hydrogen-bond donors (Lipinski definition) is 2. The van der Waals surface area contributed by atoms with Gasteiger partial charge in [0.15, 0.2) is 0 Å². The average molecular weight is 817 g/mol. The first-order valence-corrected chi connectivity index (χ1v) is 21.8. The zero-order valence-corrected chi connectivity index (χ0v) is 34.0. The Bertz CT molecular complexity index is 2010. The molecule has 4 aliphatic rings. The molecular formula is C45H48N6O5S2. The number of rotatable bonds is 12. The molecule has 5 amide bonds. The molecule has 0 bridgehead atoms. The van der Waals surface area contributed by atoms with E-state index in [0.717, 1.165) is 41.1 Å². The number of hydrogen-bond acceptors (Lipinski definition) is 8. The lowest BCUT2D eigenvalue weighted by Crippen LogP contribution is -2.46. The van der Waals surface area contributed by atoms with Crippen LogP contribution >= 0.6 is 22.7 Å². The molecule has 58 heavy (non-hydrogen) atoms. The molecule has 6 heterocycles. The van der Waals surface area contributed by atoms with Gasteiger partial charge in [0, 0.05) is 65.8 Å². The molecule has 8 rings (SSSR count). The van der Waals surface area contributed by atoms with E-state index in [1.165, 1.54) is 4.88 Å². The van der Waals surface area contributed by atoms with Crippen molar-refractivity contribution in [1.82, 2.24) is 19.6 Å². The molecule has 4 aromatic rings. The number of likely N-dealkylation sites (tertiary alicyclic amines) is 4. The van der Waals surface area contributed by atoms with Crippen molar-refractivity contribution in [2.45, 2.75) is 63.7 Å². The van der Waals surface area contributed by atoms with Crippen molar-refractivity contribution in [2.24, 2.45) is 11.8 Å². The van der Waals surface area contributed by atoms with Gasteiger partial charge in [-0.15, -0.1) is 22.7 Å². The quantitative estimate of drug-likeness (QED) is 0.150. The minimum absolute atomic E-state index is 0.0208. The summed E-state index contributed by atoms with van der Waals surface area (Å²) in [6, 6.07) is 22.1. The van der Waals surface area contributed by atoms with E-state index in [9.17, 15) is 24.0 Å². The first-order chi connectivity index (χ1) is 28.2. The predicted octanol–water partition coefficient (Wildman–Crippen LogP) is 6.92. The number of carbonyl (C=O) groups is 5. The Balaban J connectivity index is 0.800. The van der Waals surface area contributed by atoms with Gasteiger partial charge in [0.1, 0.15) is 12.1 Å². The maximum absolute atomic E-state index is 13.6. The third-order valence-electron chi connectivity index (χ3n) is 11.6. The van der Waals surface area contributed by atoms with E-state index in [-0.39, 0.29) is 41.9 Å². The smallest absolute Gasteiger partial charge is 0.247 e. The number of amides is 5. The highest BCUT2D eigenvalue weighted by atomic mass is 32.1. The molecule has 0 spiro atoms. The summed E-state index contributed by atoms with van der Waals surface area (Å²) < 4.78 is 0. The van der Waals surface area contributed by atoms with Gasteiger partial charge in [-0.05, 0) is 84.0 Å². The van der Waals surface area contributed by atoms with Crippen LogP contribution in [0.5, 0.6) is 0 Å². The van der Waals surface area contributed by atoms with Crippen LogP contribution in [-0.4, -0.2) is 87.4 Å². The molecule has 2 unspecified atom stereocenters. The van der Waals surface area contributed by atoms with Crippen molar-refractivity contribution in [3.8, 4) is 0 Å². The standard InChI is InChI=1S/C45H48N6O5S2/c1-30-24-33(26-48(30)28-37-6-4-22-57-37)44(55)50-20-2-8-39(50)42(53)46-35-16-12-31(13-17-35)10-11-32-14-18-36(19-15-32)47-43(54)40-9-3-21-51(40)45(56)34-25-41(52)49(27-34)29-38-7-5-23-58-38/h4-7,10-19,22-23,33-34,39-40H,1-3,8-9,20-21,24-29H2,(H,46,53)(H,47,54)/b11-10+/t33?,34?,39-,40-/m0/s1. The number of nitrogens with zero attached hydrogens (tertiary/aromatic N) is 4. The topological polar surface area (TPSA) is 122 Å². The summed E-state index contributed by atoms with van der Waals surface area (Å²) >= 11 is 3.30. The lowest BCUT2D eigenvalue weighted by atomic mass is 10.1. The molecule has 4 aliphatic heterocycles. The largest absolute Gasteiger partial charge is 0.369 e. The fraction of sp³-hybridized carbons (Fsp3) is 0.356. The average Bonchev–Trinajstić information content (AvgIpc) is 4.09. The van der Waals surface area contributed by atoms with E-state index < -0.39 is 18.0 Å². The molecule has 4 fully saturated rings. The summed E-state index contributed by atoms with van der Waals surface area (Å²) in [5, 5.41) is 10.1. The van der Waals surface area contributed by atoms with Crippen LogP contribution in [0.4, 0.5) is 11.4 Å². The van der Waals surface area contributed by atoms with Gasteiger partial charge in [0.25, 0.3) is 0 Å². The Morgan fingerprint density at radius 1 is 0.655 bits per heavy atom. The third-order valence-corrected chi connectivity index (χ3v) is 13.4. The Morgan fingerprint density at radius 3 is 1.60 bits per heavy atom. The molecule has 0 aliphatic carbocycles. The highest BCUT2D eigenvalue weighted by molar-refractivity contribution is 7.10. The minimum atomic E-state index is -0.563. The van der Waals surface area contributed by atoms with Crippen molar-refractivity contribution >= 4 is 75.7 Å². The predicted molar refractivity (Wildman–Crippen MR) is 228 cm³/mol. The highest BCUT2D eigenvalue weighted by Gasteiger charge is 2.42. The first-order valence-electron chi connectivity index (χ1n) is 20.0. The van der Waals surface area contributed by atoms with Crippen LogP contribution in [0.15, 0.2) is 95.8 Å². The fourth-order valence-corrected chi connectivity index (χ4v) is 10.00. The maximum Gasteiger partial charge on any atom is 0.247 e. The van der Waals surface area contributed by atoms with Crippen LogP contribution in [0.2, 0.25) is 0 Å². The second-order valence-corrected chi connectivity index (χ2v) is 17.7. The van der Waals surface area contributed by atoms with Gasteiger partial charge in [-0.2, -0.15) is 0 Å². The van der Waals surface area contributed by atoms with Gasteiger partial charge in [0.2, 0.25) is 29.5 Å². The van der Waals surface area contributed by atoms with Crippen LogP contribution in [-0.2, 0) is 37.1 Å². The fourth-order valence-electron chi connectivity index (χ4n) is 8.56. The third kappa shape index (κ3) is 8.95. The molecule has 2 aromatic heterocycles. The zero-order valence-electron chi connectivity index (χ0n) is 32.4. The van der Waals surface area contributed by atoms with E-state index in [0.29, 0.717) is 63.4 Å². The highest BCUT2D eigenvalue weighted by Crippen LogP contribution is 2.32. The minimum Gasteiger partial charge on any atom is -0.369 e. The Labute approximate surface area is 347 Å². The number of carbonyl (C=O) groups excluding carboxylic acids is 5. The van der Waals surface area contributed by atoms with E-state index >= 15 is 0 Å². The number of nitrogens with one attached hydrogen (secondary N) is 2. The van der Waals surface area contributed by atoms with Crippen LogP contribution in [0.3, 0.4) is 0 Å². The number of anilines is 2. The zero-order chi connectivity index (χ0) is 40.2. The molecule has 300 valence electrons. The molecule has 13 heteroatoms. The number of allylic oxidation sites excluding steroid dienone is 1. The van der Waals surface area contributed by atoms with E-state index in [1.807, 2.05) is 84.3 Å².